The van der Waals surface area contributed by atoms with Gasteiger partial charge in [0.15, 0.2) is 0 Å². The summed E-state index contributed by atoms with van der Waals surface area (Å²) in [6, 6.07) is 0. The summed E-state index contributed by atoms with van der Waals surface area (Å²) in [6.07, 6.45) is 6.52. The van der Waals surface area contributed by atoms with Crippen LogP contribution in [0.4, 0.5) is 0 Å². The van der Waals surface area contributed by atoms with Gasteiger partial charge in [-0.2, -0.15) is 0 Å². The second kappa shape index (κ2) is 9.01. The van der Waals surface area contributed by atoms with Crippen molar-refractivity contribution < 1.29 is 9.84 Å². The van der Waals surface area contributed by atoms with E-state index in [2.05, 4.69) is 0 Å². The molecule has 0 bridgehead atoms. The Hall–Kier alpha value is -0.0800. The van der Waals surface area contributed by atoms with Gasteiger partial charge >= 0.3 is 0 Å². The van der Waals surface area contributed by atoms with Gasteiger partial charge in [-0.3, -0.25) is 0 Å². The van der Waals surface area contributed by atoms with Crippen molar-refractivity contribution in [2.24, 2.45) is 0 Å². The summed E-state index contributed by atoms with van der Waals surface area (Å²) in [5.74, 6) is 0. The van der Waals surface area contributed by atoms with E-state index in [9.17, 15) is 5.11 Å². The molecule has 0 amide bonds. The molecule has 0 saturated carbocycles. The zero-order valence-electron chi connectivity index (χ0n) is 8.38. The Bertz CT molecular complexity index is 83.9. The smallest absolute Gasteiger partial charge is 0.0537 e. The van der Waals surface area contributed by atoms with Crippen molar-refractivity contribution in [3.8, 4) is 0 Å². The SMILES string of the molecule is CCC(O)CCCCCCOC. The molecule has 74 valence electrons. The van der Waals surface area contributed by atoms with Crippen LogP contribution in [-0.4, -0.2) is 24.9 Å². The van der Waals surface area contributed by atoms with Crippen molar-refractivity contribution >= 4 is 0 Å². The molecule has 0 aliphatic heterocycles. The molecule has 0 aliphatic carbocycles. The van der Waals surface area contributed by atoms with Crippen LogP contribution in [0.25, 0.3) is 0 Å². The van der Waals surface area contributed by atoms with Gasteiger partial charge < -0.3 is 9.84 Å². The van der Waals surface area contributed by atoms with Crippen LogP contribution in [-0.2, 0) is 4.74 Å². The van der Waals surface area contributed by atoms with Gasteiger partial charge in [0.2, 0.25) is 0 Å². The fourth-order valence-electron chi connectivity index (χ4n) is 1.18. The second-order valence-corrected chi connectivity index (χ2v) is 3.26. The van der Waals surface area contributed by atoms with Gasteiger partial charge in [-0.05, 0) is 19.3 Å². The molecule has 2 heteroatoms. The van der Waals surface area contributed by atoms with Crippen molar-refractivity contribution in [3.05, 3.63) is 0 Å². The first-order chi connectivity index (χ1) is 5.81. The molecule has 0 aromatic rings. The molecule has 0 rings (SSSR count). The minimum atomic E-state index is -0.0765. The van der Waals surface area contributed by atoms with Crippen molar-refractivity contribution in [1.82, 2.24) is 0 Å². The van der Waals surface area contributed by atoms with E-state index >= 15 is 0 Å². The van der Waals surface area contributed by atoms with E-state index in [1.807, 2.05) is 6.92 Å². The lowest BCUT2D eigenvalue weighted by Crippen LogP contribution is -2.03. The molecule has 0 saturated heterocycles. The van der Waals surface area contributed by atoms with Crippen LogP contribution in [0.5, 0.6) is 0 Å². The number of aliphatic hydroxyl groups is 1. The number of ether oxygens (including phenoxy) is 1. The zero-order valence-corrected chi connectivity index (χ0v) is 8.38. The summed E-state index contributed by atoms with van der Waals surface area (Å²) in [7, 11) is 1.74. The van der Waals surface area contributed by atoms with E-state index in [0.29, 0.717) is 0 Å². The molecule has 1 N–H and O–H groups in total. The number of hydrogen-bond donors (Lipinski definition) is 1. The number of hydrogen-bond acceptors (Lipinski definition) is 2. The molecule has 2 nitrogen and oxygen atoms in total. The summed E-state index contributed by atoms with van der Waals surface area (Å²) in [5.41, 5.74) is 0. The van der Waals surface area contributed by atoms with Crippen LogP contribution in [0, 0.1) is 0 Å². The maximum atomic E-state index is 9.24. The van der Waals surface area contributed by atoms with Crippen molar-refractivity contribution in [2.45, 2.75) is 51.6 Å². The third-order valence-electron chi connectivity index (χ3n) is 2.11. The molecule has 0 heterocycles. The Morgan fingerprint density at radius 1 is 1.17 bits per heavy atom. The highest BCUT2D eigenvalue weighted by Crippen LogP contribution is 2.07. The van der Waals surface area contributed by atoms with E-state index in [4.69, 9.17) is 4.74 Å². The van der Waals surface area contributed by atoms with Crippen molar-refractivity contribution in [1.29, 1.82) is 0 Å². The third kappa shape index (κ3) is 8.02. The number of methoxy groups -OCH3 is 1. The van der Waals surface area contributed by atoms with Gasteiger partial charge in [0.1, 0.15) is 0 Å². The Labute approximate surface area is 75.9 Å². The highest BCUT2D eigenvalue weighted by molar-refractivity contribution is 4.52. The summed E-state index contributed by atoms with van der Waals surface area (Å²) < 4.78 is 4.94. The predicted octanol–water partition coefficient (Wildman–Crippen LogP) is 2.35. The first kappa shape index (κ1) is 11.9. The molecule has 1 atom stereocenters. The van der Waals surface area contributed by atoms with E-state index in [-0.39, 0.29) is 6.10 Å². The monoisotopic (exact) mass is 174 g/mol. The van der Waals surface area contributed by atoms with E-state index in [0.717, 1.165) is 32.3 Å². The summed E-state index contributed by atoms with van der Waals surface area (Å²) in [6.45, 7) is 2.89. The highest BCUT2D eigenvalue weighted by atomic mass is 16.5. The molecule has 0 aromatic heterocycles. The van der Waals surface area contributed by atoms with Crippen LogP contribution >= 0.6 is 0 Å². The second-order valence-electron chi connectivity index (χ2n) is 3.26. The fourth-order valence-corrected chi connectivity index (χ4v) is 1.18. The number of rotatable bonds is 8. The average molecular weight is 174 g/mol. The largest absolute Gasteiger partial charge is 0.393 e. The maximum Gasteiger partial charge on any atom is 0.0537 e. The van der Waals surface area contributed by atoms with Crippen molar-refractivity contribution in [3.63, 3.8) is 0 Å². The minimum absolute atomic E-state index is 0.0765. The zero-order chi connectivity index (χ0) is 9.23. The molecule has 0 aliphatic rings. The Balaban J connectivity index is 2.90. The fraction of sp³-hybridized carbons (Fsp3) is 1.00. The Morgan fingerprint density at radius 3 is 2.42 bits per heavy atom. The molecule has 12 heavy (non-hydrogen) atoms. The Kier molecular flexibility index (Phi) is 8.95. The van der Waals surface area contributed by atoms with Crippen LogP contribution in [0.1, 0.15) is 45.4 Å². The van der Waals surface area contributed by atoms with E-state index in [1.54, 1.807) is 7.11 Å². The standard InChI is InChI=1S/C10H22O2/c1-3-10(11)8-6-4-5-7-9-12-2/h10-11H,3-9H2,1-2H3. The van der Waals surface area contributed by atoms with Gasteiger partial charge in [-0.15, -0.1) is 0 Å². The van der Waals surface area contributed by atoms with Crippen LogP contribution in [0.3, 0.4) is 0 Å². The van der Waals surface area contributed by atoms with Crippen LogP contribution in [0.2, 0.25) is 0 Å². The molecular weight excluding hydrogens is 152 g/mol. The minimum Gasteiger partial charge on any atom is -0.393 e. The number of unbranched alkanes of at least 4 members (excludes halogenated alkanes) is 3. The van der Waals surface area contributed by atoms with Gasteiger partial charge in [-0.1, -0.05) is 26.2 Å². The topological polar surface area (TPSA) is 29.5 Å². The van der Waals surface area contributed by atoms with Crippen molar-refractivity contribution in [2.75, 3.05) is 13.7 Å². The normalized spacial score (nSPS) is 13.2. The Morgan fingerprint density at radius 2 is 1.83 bits per heavy atom. The van der Waals surface area contributed by atoms with Gasteiger partial charge in [0.05, 0.1) is 6.10 Å². The maximum absolute atomic E-state index is 9.24. The van der Waals surface area contributed by atoms with Gasteiger partial charge in [-0.25, -0.2) is 0 Å². The van der Waals surface area contributed by atoms with Gasteiger partial charge in [0.25, 0.3) is 0 Å². The molecule has 0 fully saturated rings. The molecule has 0 spiro atoms. The first-order valence-corrected chi connectivity index (χ1v) is 4.98. The molecule has 0 aromatic carbocycles. The summed E-state index contributed by atoms with van der Waals surface area (Å²) in [4.78, 5) is 0. The summed E-state index contributed by atoms with van der Waals surface area (Å²) >= 11 is 0. The van der Waals surface area contributed by atoms with E-state index < -0.39 is 0 Å². The molecular formula is C10H22O2. The quantitative estimate of drug-likeness (QED) is 0.572. The lowest BCUT2D eigenvalue weighted by Gasteiger charge is -2.06. The predicted molar refractivity (Wildman–Crippen MR) is 51.3 cm³/mol. The van der Waals surface area contributed by atoms with Crippen LogP contribution < -0.4 is 0 Å². The highest BCUT2D eigenvalue weighted by Gasteiger charge is 1.98. The average Bonchev–Trinajstić information content (AvgIpc) is 2.10. The van der Waals surface area contributed by atoms with E-state index in [1.165, 1.54) is 12.8 Å². The van der Waals surface area contributed by atoms with Crippen LogP contribution in [0.15, 0.2) is 0 Å². The third-order valence-corrected chi connectivity index (χ3v) is 2.11. The summed E-state index contributed by atoms with van der Waals surface area (Å²) in [5, 5.41) is 9.24. The lowest BCUT2D eigenvalue weighted by atomic mass is 10.1. The molecule has 0 radical (unpaired) electrons. The molecule has 1 unspecified atom stereocenters. The lowest BCUT2D eigenvalue weighted by molar-refractivity contribution is 0.155. The van der Waals surface area contributed by atoms with Gasteiger partial charge in [0, 0.05) is 13.7 Å². The first-order valence-electron chi connectivity index (χ1n) is 4.98. The number of aliphatic hydroxyl groups excluding tert-OH is 1.